The third-order valence-corrected chi connectivity index (χ3v) is 6.76. The number of rotatable bonds is 8. The average molecular weight is 481 g/mol. The fourth-order valence-corrected chi connectivity index (χ4v) is 5.22. The van der Waals surface area contributed by atoms with Gasteiger partial charge < -0.3 is 4.74 Å². The van der Waals surface area contributed by atoms with Crippen molar-refractivity contribution in [1.29, 1.82) is 0 Å². The first kappa shape index (κ1) is 23.0. The zero-order valence-electron chi connectivity index (χ0n) is 17.1. The molecule has 1 heterocycles. The van der Waals surface area contributed by atoms with Crippen LogP contribution in [0.3, 0.4) is 0 Å². The van der Waals surface area contributed by atoms with Gasteiger partial charge in [0, 0.05) is 5.56 Å². The second kappa shape index (κ2) is 9.63. The summed E-state index contributed by atoms with van der Waals surface area (Å²) in [6.07, 6.45) is 1.27. The standard InChI is InChI=1S/C20H21ClN4O4S2/c1-4-16(25(31(3,27)28)14-10-11-17(29-2)15(21)12-14)18(26)22-20-24-23-19(30-20)13-8-6-5-7-9-13/h5-12,16H,4H2,1-3H3,(H,22,24,26)/t16-/m1/s1. The van der Waals surface area contributed by atoms with Crippen molar-refractivity contribution in [2.75, 3.05) is 23.0 Å². The van der Waals surface area contributed by atoms with Crippen molar-refractivity contribution in [3.63, 3.8) is 0 Å². The largest absolute Gasteiger partial charge is 0.495 e. The normalized spacial score (nSPS) is 12.3. The van der Waals surface area contributed by atoms with E-state index >= 15 is 0 Å². The van der Waals surface area contributed by atoms with Crippen LogP contribution in [0.25, 0.3) is 10.6 Å². The van der Waals surface area contributed by atoms with Crippen LogP contribution in [0.15, 0.2) is 48.5 Å². The number of methoxy groups -OCH3 is 1. The third-order valence-electron chi connectivity index (χ3n) is 4.40. The number of carbonyl (C=O) groups is 1. The minimum absolute atomic E-state index is 0.229. The molecule has 0 aliphatic carbocycles. The quantitative estimate of drug-likeness (QED) is 0.522. The van der Waals surface area contributed by atoms with Gasteiger partial charge in [0.25, 0.3) is 0 Å². The van der Waals surface area contributed by atoms with E-state index in [1.54, 1.807) is 19.1 Å². The van der Waals surface area contributed by atoms with Crippen LogP contribution >= 0.6 is 22.9 Å². The number of nitrogens with one attached hydrogen (secondary N) is 1. The summed E-state index contributed by atoms with van der Waals surface area (Å²) in [6.45, 7) is 1.73. The van der Waals surface area contributed by atoms with Crippen molar-refractivity contribution >= 4 is 49.7 Å². The van der Waals surface area contributed by atoms with E-state index in [9.17, 15) is 13.2 Å². The first-order chi connectivity index (χ1) is 14.7. The Hall–Kier alpha value is -2.69. The van der Waals surface area contributed by atoms with Crippen LogP contribution in [0.4, 0.5) is 10.8 Å². The molecule has 2 aromatic carbocycles. The predicted molar refractivity (Wildman–Crippen MR) is 123 cm³/mol. The van der Waals surface area contributed by atoms with Crippen LogP contribution in [-0.2, 0) is 14.8 Å². The van der Waals surface area contributed by atoms with E-state index < -0.39 is 22.0 Å². The van der Waals surface area contributed by atoms with Gasteiger partial charge in [-0.25, -0.2) is 8.42 Å². The van der Waals surface area contributed by atoms with E-state index in [-0.39, 0.29) is 22.3 Å². The van der Waals surface area contributed by atoms with E-state index in [2.05, 4.69) is 15.5 Å². The second-order valence-corrected chi connectivity index (χ2v) is 9.81. The molecule has 0 unspecified atom stereocenters. The van der Waals surface area contributed by atoms with Gasteiger partial charge in [0.15, 0.2) is 0 Å². The van der Waals surface area contributed by atoms with Gasteiger partial charge in [-0.2, -0.15) is 0 Å². The lowest BCUT2D eigenvalue weighted by molar-refractivity contribution is -0.117. The van der Waals surface area contributed by atoms with Crippen molar-refractivity contribution in [2.24, 2.45) is 0 Å². The van der Waals surface area contributed by atoms with Crippen LogP contribution < -0.4 is 14.4 Å². The molecule has 8 nitrogen and oxygen atoms in total. The molecule has 0 saturated carbocycles. The highest BCUT2D eigenvalue weighted by Gasteiger charge is 2.32. The number of carbonyl (C=O) groups excluding carboxylic acids is 1. The van der Waals surface area contributed by atoms with Crippen LogP contribution in [0, 0.1) is 0 Å². The van der Waals surface area contributed by atoms with E-state index in [0.29, 0.717) is 10.8 Å². The van der Waals surface area contributed by atoms with Gasteiger partial charge in [0.05, 0.1) is 24.1 Å². The number of hydrogen-bond donors (Lipinski definition) is 1. The fourth-order valence-electron chi connectivity index (χ4n) is 3.01. The second-order valence-electron chi connectivity index (χ2n) is 6.57. The molecular formula is C20H21ClN4O4S2. The monoisotopic (exact) mass is 480 g/mol. The van der Waals surface area contributed by atoms with Crippen LogP contribution in [0.1, 0.15) is 13.3 Å². The molecule has 0 bridgehead atoms. The summed E-state index contributed by atoms with van der Waals surface area (Å²) in [7, 11) is -2.34. The summed E-state index contributed by atoms with van der Waals surface area (Å²) in [5.74, 6) is -0.116. The molecule has 0 aliphatic rings. The zero-order valence-corrected chi connectivity index (χ0v) is 19.5. The molecule has 1 N–H and O–H groups in total. The van der Waals surface area contributed by atoms with Gasteiger partial charge >= 0.3 is 0 Å². The lowest BCUT2D eigenvalue weighted by atomic mass is 10.2. The number of sulfonamides is 1. The van der Waals surface area contributed by atoms with Crippen LogP contribution in [0.2, 0.25) is 5.02 Å². The predicted octanol–water partition coefficient (Wildman–Crippen LogP) is 4.05. The fraction of sp³-hybridized carbons (Fsp3) is 0.250. The SMILES string of the molecule is CC[C@H](C(=O)Nc1nnc(-c2ccccc2)s1)N(c1ccc(OC)c(Cl)c1)S(C)(=O)=O. The highest BCUT2D eigenvalue weighted by atomic mass is 35.5. The van der Waals surface area contributed by atoms with Gasteiger partial charge in [-0.1, -0.05) is 60.2 Å². The highest BCUT2D eigenvalue weighted by molar-refractivity contribution is 7.92. The molecule has 0 radical (unpaired) electrons. The maximum absolute atomic E-state index is 13.0. The number of benzene rings is 2. The summed E-state index contributed by atoms with van der Waals surface area (Å²) < 4.78 is 31.4. The molecule has 11 heteroatoms. The van der Waals surface area contributed by atoms with Crippen LogP contribution in [-0.4, -0.2) is 43.9 Å². The number of anilines is 2. The Labute approximate surface area is 189 Å². The maximum Gasteiger partial charge on any atom is 0.250 e. The number of halogens is 1. The van der Waals surface area contributed by atoms with Crippen molar-refractivity contribution in [1.82, 2.24) is 10.2 Å². The van der Waals surface area contributed by atoms with Crippen molar-refractivity contribution < 1.29 is 17.9 Å². The smallest absolute Gasteiger partial charge is 0.250 e. The molecule has 3 rings (SSSR count). The molecule has 1 amide bonds. The minimum Gasteiger partial charge on any atom is -0.495 e. The van der Waals surface area contributed by atoms with Crippen molar-refractivity contribution in [2.45, 2.75) is 19.4 Å². The van der Waals surface area contributed by atoms with Gasteiger partial charge in [-0.3, -0.25) is 14.4 Å². The highest BCUT2D eigenvalue weighted by Crippen LogP contribution is 2.32. The number of aromatic nitrogens is 2. The van der Waals surface area contributed by atoms with E-state index in [1.807, 2.05) is 30.3 Å². The molecule has 0 fully saturated rings. The number of nitrogens with zero attached hydrogens (tertiary/aromatic N) is 3. The Morgan fingerprint density at radius 2 is 1.94 bits per heavy atom. The van der Waals surface area contributed by atoms with E-state index in [0.717, 1.165) is 16.1 Å². The molecular weight excluding hydrogens is 460 g/mol. The first-order valence-electron chi connectivity index (χ1n) is 9.27. The van der Waals surface area contributed by atoms with E-state index in [4.69, 9.17) is 16.3 Å². The van der Waals surface area contributed by atoms with Gasteiger partial charge in [-0.05, 0) is 24.6 Å². The molecule has 1 atom stereocenters. The molecule has 0 spiro atoms. The lowest BCUT2D eigenvalue weighted by Crippen LogP contribution is -2.47. The minimum atomic E-state index is -3.80. The Morgan fingerprint density at radius 3 is 2.52 bits per heavy atom. The van der Waals surface area contributed by atoms with Crippen molar-refractivity contribution in [3.8, 4) is 16.3 Å². The Bertz CT molecular complexity index is 1170. The summed E-state index contributed by atoms with van der Waals surface area (Å²) in [6, 6.07) is 13.0. The Morgan fingerprint density at radius 1 is 1.23 bits per heavy atom. The topological polar surface area (TPSA) is 101 Å². The number of hydrogen-bond acceptors (Lipinski definition) is 7. The Balaban J connectivity index is 1.88. The molecule has 0 aliphatic heterocycles. The van der Waals surface area contributed by atoms with Crippen molar-refractivity contribution in [3.05, 3.63) is 53.6 Å². The molecule has 31 heavy (non-hydrogen) atoms. The van der Waals surface area contributed by atoms with Gasteiger partial charge in [0.2, 0.25) is 21.1 Å². The Kier molecular flexibility index (Phi) is 7.14. The number of ether oxygens (including phenoxy) is 1. The first-order valence-corrected chi connectivity index (χ1v) is 12.3. The van der Waals surface area contributed by atoms with Gasteiger partial charge in [-0.15, -0.1) is 10.2 Å². The lowest BCUT2D eigenvalue weighted by Gasteiger charge is -2.30. The molecule has 3 aromatic rings. The zero-order chi connectivity index (χ0) is 22.6. The average Bonchev–Trinajstić information content (AvgIpc) is 3.20. The van der Waals surface area contributed by atoms with Gasteiger partial charge in [0.1, 0.15) is 16.8 Å². The maximum atomic E-state index is 13.0. The number of amides is 1. The third kappa shape index (κ3) is 5.33. The summed E-state index contributed by atoms with van der Waals surface area (Å²) in [4.78, 5) is 13.0. The summed E-state index contributed by atoms with van der Waals surface area (Å²) in [5.41, 5.74) is 1.13. The summed E-state index contributed by atoms with van der Waals surface area (Å²) in [5, 5.41) is 12.0. The van der Waals surface area contributed by atoms with E-state index in [1.165, 1.54) is 24.5 Å². The van der Waals surface area contributed by atoms with Crippen LogP contribution in [0.5, 0.6) is 5.75 Å². The molecule has 164 valence electrons. The summed E-state index contributed by atoms with van der Waals surface area (Å²) >= 11 is 7.38. The molecule has 0 saturated heterocycles. The molecule has 1 aromatic heterocycles.